The zero-order valence-electron chi connectivity index (χ0n) is 13.6. The number of nitrogens with one attached hydrogen (secondary N) is 1. The molecule has 1 amide bonds. The summed E-state index contributed by atoms with van der Waals surface area (Å²) in [6, 6.07) is 7.86. The molecule has 2 aliphatic heterocycles. The van der Waals surface area contributed by atoms with Crippen LogP contribution in [0, 0.1) is 0 Å². The molecule has 1 aromatic rings. The van der Waals surface area contributed by atoms with Crippen LogP contribution in [0.3, 0.4) is 0 Å². The van der Waals surface area contributed by atoms with E-state index in [0.29, 0.717) is 6.42 Å². The van der Waals surface area contributed by atoms with Gasteiger partial charge in [0.15, 0.2) is 0 Å². The van der Waals surface area contributed by atoms with Gasteiger partial charge in [0.05, 0.1) is 12.8 Å². The highest BCUT2D eigenvalue weighted by Gasteiger charge is 2.30. The van der Waals surface area contributed by atoms with Gasteiger partial charge in [-0.3, -0.25) is 4.79 Å². The first-order valence-corrected chi connectivity index (χ1v) is 8.02. The van der Waals surface area contributed by atoms with Crippen molar-refractivity contribution in [3.63, 3.8) is 0 Å². The molecule has 1 aromatic carbocycles. The summed E-state index contributed by atoms with van der Waals surface area (Å²) in [6.45, 7) is 2.04. The van der Waals surface area contributed by atoms with Crippen LogP contribution in [0.4, 0.5) is 0 Å². The van der Waals surface area contributed by atoms with E-state index in [1.165, 1.54) is 0 Å². The summed E-state index contributed by atoms with van der Waals surface area (Å²) >= 11 is 0. The number of piperidine rings is 1. The van der Waals surface area contributed by atoms with E-state index in [-0.39, 0.29) is 11.9 Å². The van der Waals surface area contributed by atoms with Crippen molar-refractivity contribution < 1.29 is 14.4 Å². The molecule has 3 rings (SSSR count). The lowest BCUT2D eigenvalue weighted by atomic mass is 10.0. The van der Waals surface area contributed by atoms with Gasteiger partial charge in [0.25, 0.3) is 5.91 Å². The van der Waals surface area contributed by atoms with E-state index in [2.05, 4.69) is 22.4 Å². The second-order valence-electron chi connectivity index (χ2n) is 6.15. The van der Waals surface area contributed by atoms with Crippen LogP contribution in [-0.2, 0) is 9.63 Å². The lowest BCUT2D eigenvalue weighted by Crippen LogP contribution is -2.46. The number of ether oxygens (including phenoxy) is 1. The van der Waals surface area contributed by atoms with Gasteiger partial charge in [0.1, 0.15) is 5.75 Å². The normalized spacial score (nSPS) is 22.3. The molecule has 0 radical (unpaired) electrons. The Morgan fingerprint density at radius 2 is 2.00 bits per heavy atom. The van der Waals surface area contributed by atoms with E-state index in [0.717, 1.165) is 43.0 Å². The van der Waals surface area contributed by atoms with Gasteiger partial charge in [-0.2, -0.15) is 0 Å². The van der Waals surface area contributed by atoms with Crippen LogP contribution in [-0.4, -0.2) is 55.9 Å². The molecule has 1 atom stereocenters. The summed E-state index contributed by atoms with van der Waals surface area (Å²) in [5.41, 5.74) is 1.76. The van der Waals surface area contributed by atoms with Crippen molar-refractivity contribution in [1.82, 2.24) is 10.2 Å². The van der Waals surface area contributed by atoms with Gasteiger partial charge in [0, 0.05) is 12.5 Å². The van der Waals surface area contributed by atoms with Gasteiger partial charge in [-0.15, -0.1) is 0 Å². The molecule has 0 spiro atoms. The van der Waals surface area contributed by atoms with E-state index in [1.807, 2.05) is 24.3 Å². The van der Waals surface area contributed by atoms with Gasteiger partial charge >= 0.3 is 0 Å². The minimum atomic E-state index is -0.522. The molecule has 6 heteroatoms. The van der Waals surface area contributed by atoms with Gasteiger partial charge in [-0.05, 0) is 62.8 Å². The van der Waals surface area contributed by atoms with Gasteiger partial charge in [-0.25, -0.2) is 0 Å². The van der Waals surface area contributed by atoms with Crippen LogP contribution in [0.25, 0.3) is 0 Å². The minimum Gasteiger partial charge on any atom is -0.497 e. The molecular weight excluding hydrogens is 294 g/mol. The minimum absolute atomic E-state index is 0.0631. The van der Waals surface area contributed by atoms with Gasteiger partial charge in [-0.1, -0.05) is 5.16 Å². The maximum absolute atomic E-state index is 12.3. The summed E-state index contributed by atoms with van der Waals surface area (Å²) in [5, 5.41) is 7.16. The largest absolute Gasteiger partial charge is 0.497 e. The Morgan fingerprint density at radius 3 is 2.65 bits per heavy atom. The molecule has 0 bridgehead atoms. The average Bonchev–Trinajstić information content (AvgIpc) is 3.07. The number of benzene rings is 1. The van der Waals surface area contributed by atoms with Crippen LogP contribution in [0.15, 0.2) is 29.4 Å². The molecule has 0 aromatic heterocycles. The third-order valence-electron chi connectivity index (χ3n) is 4.45. The summed E-state index contributed by atoms with van der Waals surface area (Å²) in [4.78, 5) is 19.9. The Balaban J connectivity index is 1.52. The molecule has 2 heterocycles. The summed E-state index contributed by atoms with van der Waals surface area (Å²) in [7, 11) is 3.74. The van der Waals surface area contributed by atoms with Crippen molar-refractivity contribution >= 4 is 11.6 Å². The number of carbonyl (C=O) groups is 1. The van der Waals surface area contributed by atoms with E-state index < -0.39 is 6.10 Å². The Hall–Kier alpha value is -2.08. The highest BCUT2D eigenvalue weighted by Crippen LogP contribution is 2.20. The molecule has 23 heavy (non-hydrogen) atoms. The Labute approximate surface area is 136 Å². The molecule has 1 fully saturated rings. The standard InChI is InChI=1S/C17H23N3O3/c1-20-9-7-13(8-10-20)18-17(21)16-11-15(19-23-16)12-3-5-14(22-2)6-4-12/h3-6,13,16H,7-11H2,1-2H3,(H,18,21)/t16-/m1/s1. The SMILES string of the molecule is COc1ccc(C2=NO[C@@H](C(=O)NC3CCN(C)CC3)C2)cc1. The predicted octanol–water partition coefficient (Wildman–Crippen LogP) is 1.40. The van der Waals surface area contributed by atoms with E-state index in [9.17, 15) is 4.79 Å². The number of carbonyl (C=O) groups excluding carboxylic acids is 1. The molecular formula is C17H23N3O3. The van der Waals surface area contributed by atoms with Crippen LogP contribution < -0.4 is 10.1 Å². The molecule has 1 N–H and O–H groups in total. The van der Waals surface area contributed by atoms with Crippen molar-refractivity contribution in [2.24, 2.45) is 5.16 Å². The van der Waals surface area contributed by atoms with Crippen molar-refractivity contribution in [2.75, 3.05) is 27.2 Å². The second kappa shape index (κ2) is 7.00. The highest BCUT2D eigenvalue weighted by atomic mass is 16.6. The molecule has 0 saturated carbocycles. The number of hydrogen-bond acceptors (Lipinski definition) is 5. The Morgan fingerprint density at radius 1 is 1.30 bits per heavy atom. The average molecular weight is 317 g/mol. The Kier molecular flexibility index (Phi) is 4.81. The summed E-state index contributed by atoms with van der Waals surface area (Å²) < 4.78 is 5.14. The van der Waals surface area contributed by atoms with Crippen LogP contribution >= 0.6 is 0 Å². The molecule has 0 unspecified atom stereocenters. The van der Waals surface area contributed by atoms with Crippen molar-refractivity contribution in [2.45, 2.75) is 31.4 Å². The fraction of sp³-hybridized carbons (Fsp3) is 0.529. The zero-order chi connectivity index (χ0) is 16.2. The molecule has 1 saturated heterocycles. The lowest BCUT2D eigenvalue weighted by molar-refractivity contribution is -0.132. The first-order valence-electron chi connectivity index (χ1n) is 8.02. The fourth-order valence-electron chi connectivity index (χ4n) is 2.92. The van der Waals surface area contributed by atoms with Crippen molar-refractivity contribution in [1.29, 1.82) is 0 Å². The first-order chi connectivity index (χ1) is 11.2. The Bertz CT molecular complexity index is 577. The van der Waals surface area contributed by atoms with Crippen molar-refractivity contribution in [3.05, 3.63) is 29.8 Å². The number of nitrogens with zero attached hydrogens (tertiary/aromatic N) is 2. The monoisotopic (exact) mass is 317 g/mol. The summed E-state index contributed by atoms with van der Waals surface area (Å²) in [5.74, 6) is 0.733. The molecule has 124 valence electrons. The maximum Gasteiger partial charge on any atom is 0.264 e. The molecule has 2 aliphatic rings. The van der Waals surface area contributed by atoms with E-state index in [1.54, 1.807) is 7.11 Å². The third-order valence-corrected chi connectivity index (χ3v) is 4.45. The van der Waals surface area contributed by atoms with E-state index >= 15 is 0 Å². The number of likely N-dealkylation sites (tertiary alicyclic amines) is 1. The topological polar surface area (TPSA) is 63.2 Å². The predicted molar refractivity (Wildman–Crippen MR) is 87.7 cm³/mol. The quantitative estimate of drug-likeness (QED) is 0.912. The summed E-state index contributed by atoms with van der Waals surface area (Å²) in [6.07, 6.45) is 1.96. The second-order valence-corrected chi connectivity index (χ2v) is 6.15. The van der Waals surface area contributed by atoms with Gasteiger partial charge in [0.2, 0.25) is 6.10 Å². The van der Waals surface area contributed by atoms with Gasteiger partial charge < -0.3 is 19.8 Å². The first kappa shape index (κ1) is 15.8. The number of amides is 1. The number of oxime groups is 1. The van der Waals surface area contributed by atoms with Crippen LogP contribution in [0.1, 0.15) is 24.8 Å². The smallest absolute Gasteiger partial charge is 0.264 e. The number of rotatable bonds is 4. The van der Waals surface area contributed by atoms with Crippen molar-refractivity contribution in [3.8, 4) is 5.75 Å². The third kappa shape index (κ3) is 3.82. The molecule has 0 aliphatic carbocycles. The zero-order valence-corrected chi connectivity index (χ0v) is 13.6. The van der Waals surface area contributed by atoms with Crippen LogP contribution in [0.5, 0.6) is 5.75 Å². The lowest BCUT2D eigenvalue weighted by Gasteiger charge is -2.29. The fourth-order valence-corrected chi connectivity index (χ4v) is 2.92. The highest BCUT2D eigenvalue weighted by molar-refractivity contribution is 6.04. The molecule has 6 nitrogen and oxygen atoms in total. The number of hydrogen-bond donors (Lipinski definition) is 1. The van der Waals surface area contributed by atoms with Crippen LogP contribution in [0.2, 0.25) is 0 Å². The number of methoxy groups -OCH3 is 1. The maximum atomic E-state index is 12.3. The van der Waals surface area contributed by atoms with E-state index in [4.69, 9.17) is 9.57 Å².